The molecule has 0 fully saturated rings. The number of fused-ring (bicyclic) bond motifs is 1. The van der Waals surface area contributed by atoms with Crippen LogP contribution in [0.5, 0.6) is 0 Å². The van der Waals surface area contributed by atoms with Gasteiger partial charge in [0, 0.05) is 17.1 Å². The van der Waals surface area contributed by atoms with Gasteiger partial charge in [-0.05, 0) is 35.2 Å². The maximum Gasteiger partial charge on any atom is 0.261 e. The third kappa shape index (κ3) is 3.02. The lowest BCUT2D eigenvalue weighted by Gasteiger charge is -2.06. The van der Waals surface area contributed by atoms with Crippen molar-refractivity contribution in [2.45, 2.75) is 6.54 Å². The van der Waals surface area contributed by atoms with Crippen molar-refractivity contribution >= 4 is 28.4 Å². The molecule has 3 rings (SSSR count). The summed E-state index contributed by atoms with van der Waals surface area (Å²) in [6.45, 7) is 0.336. The molecule has 4 nitrogen and oxygen atoms in total. The number of aromatic amines is 1. The highest BCUT2D eigenvalue weighted by Gasteiger charge is 2.11. The normalized spacial score (nSPS) is 10.6. The molecule has 0 unspecified atom stereocenters. The van der Waals surface area contributed by atoms with Crippen LogP contribution in [-0.2, 0) is 6.54 Å². The molecule has 0 aliphatic carbocycles. The first-order valence-electron chi connectivity index (χ1n) is 6.78. The van der Waals surface area contributed by atoms with Gasteiger partial charge < -0.3 is 10.3 Å². The van der Waals surface area contributed by atoms with E-state index in [0.717, 1.165) is 10.9 Å². The van der Waals surface area contributed by atoms with E-state index in [1.54, 1.807) is 24.3 Å². The van der Waals surface area contributed by atoms with Gasteiger partial charge in [0.2, 0.25) is 0 Å². The molecule has 1 heterocycles. The van der Waals surface area contributed by atoms with E-state index < -0.39 is 11.5 Å². The zero-order valence-corrected chi connectivity index (χ0v) is 12.4. The second kappa shape index (κ2) is 6.03. The van der Waals surface area contributed by atoms with E-state index in [2.05, 4.69) is 10.3 Å². The number of para-hydroxylation sites is 1. The number of rotatable bonds is 3. The molecule has 22 heavy (non-hydrogen) atoms. The number of benzene rings is 2. The molecule has 0 bridgehead atoms. The molecule has 5 heteroatoms. The fourth-order valence-corrected chi connectivity index (χ4v) is 2.32. The lowest BCUT2D eigenvalue weighted by atomic mass is 10.1. The highest BCUT2D eigenvalue weighted by atomic mass is 35.5. The second-order valence-corrected chi connectivity index (χ2v) is 5.34. The van der Waals surface area contributed by atoms with E-state index in [0.29, 0.717) is 17.1 Å². The van der Waals surface area contributed by atoms with E-state index in [1.165, 1.54) is 0 Å². The number of hydrogen-bond donors (Lipinski definition) is 2. The maximum absolute atomic E-state index is 12.2. The maximum atomic E-state index is 12.2. The second-order valence-electron chi connectivity index (χ2n) is 4.91. The fraction of sp³-hybridized carbons (Fsp3) is 0.0588. The number of nitrogens with one attached hydrogen (secondary N) is 2. The summed E-state index contributed by atoms with van der Waals surface area (Å²) in [6.07, 6.45) is 0. The lowest BCUT2D eigenvalue weighted by Crippen LogP contribution is -2.29. The molecular formula is C17H13ClN2O2. The van der Waals surface area contributed by atoms with Crippen LogP contribution < -0.4 is 10.9 Å². The van der Waals surface area contributed by atoms with E-state index in [9.17, 15) is 9.59 Å². The summed E-state index contributed by atoms with van der Waals surface area (Å²) in [5, 5.41) is 4.20. The first-order chi connectivity index (χ1) is 10.6. The third-order valence-electron chi connectivity index (χ3n) is 3.36. The fourth-order valence-electron chi connectivity index (χ4n) is 2.20. The van der Waals surface area contributed by atoms with Gasteiger partial charge in [-0.3, -0.25) is 9.59 Å². The van der Waals surface area contributed by atoms with Crippen molar-refractivity contribution < 1.29 is 4.79 Å². The number of pyridine rings is 1. The highest BCUT2D eigenvalue weighted by molar-refractivity contribution is 6.30. The Bertz CT molecular complexity index is 885. The monoisotopic (exact) mass is 312 g/mol. The average molecular weight is 313 g/mol. The van der Waals surface area contributed by atoms with Crippen molar-refractivity contribution in [1.82, 2.24) is 10.3 Å². The van der Waals surface area contributed by atoms with E-state index in [1.807, 2.05) is 30.3 Å². The van der Waals surface area contributed by atoms with Crippen LogP contribution in [0.1, 0.15) is 15.9 Å². The summed E-state index contributed by atoms with van der Waals surface area (Å²) in [4.78, 5) is 26.9. The van der Waals surface area contributed by atoms with Gasteiger partial charge in [0.1, 0.15) is 5.56 Å². The Kier molecular flexibility index (Phi) is 3.94. The Balaban J connectivity index is 1.81. The van der Waals surface area contributed by atoms with Crippen LogP contribution >= 0.6 is 11.6 Å². The van der Waals surface area contributed by atoms with Gasteiger partial charge in [-0.15, -0.1) is 0 Å². The number of carbonyl (C=O) groups excluding carboxylic acids is 1. The van der Waals surface area contributed by atoms with Gasteiger partial charge in [-0.1, -0.05) is 41.9 Å². The molecule has 2 N–H and O–H groups in total. The Hall–Kier alpha value is -2.59. The zero-order valence-electron chi connectivity index (χ0n) is 11.6. The van der Waals surface area contributed by atoms with Crippen LogP contribution in [0.15, 0.2) is 59.4 Å². The molecule has 3 aromatic rings. The van der Waals surface area contributed by atoms with E-state index in [-0.39, 0.29) is 5.56 Å². The number of H-pyrrole nitrogens is 1. The first kappa shape index (κ1) is 14.4. The summed E-state index contributed by atoms with van der Waals surface area (Å²) < 4.78 is 0. The minimum atomic E-state index is -0.401. The Morgan fingerprint density at radius 1 is 1.09 bits per heavy atom. The van der Waals surface area contributed by atoms with E-state index in [4.69, 9.17) is 11.6 Å². The van der Waals surface area contributed by atoms with Gasteiger partial charge in [0.05, 0.1) is 0 Å². The molecule has 0 saturated carbocycles. The number of carbonyl (C=O) groups is 1. The molecule has 0 saturated heterocycles. The van der Waals surface area contributed by atoms with Gasteiger partial charge >= 0.3 is 0 Å². The third-order valence-corrected chi connectivity index (χ3v) is 3.62. The Morgan fingerprint density at radius 3 is 2.59 bits per heavy atom. The average Bonchev–Trinajstić information content (AvgIpc) is 2.53. The van der Waals surface area contributed by atoms with Crippen molar-refractivity contribution in [2.75, 3.05) is 0 Å². The number of hydrogen-bond acceptors (Lipinski definition) is 2. The van der Waals surface area contributed by atoms with Gasteiger partial charge in [-0.25, -0.2) is 0 Å². The Morgan fingerprint density at radius 2 is 1.82 bits per heavy atom. The summed E-state index contributed by atoms with van der Waals surface area (Å²) in [6, 6.07) is 16.1. The number of aromatic nitrogens is 1. The molecule has 0 atom stereocenters. The summed E-state index contributed by atoms with van der Waals surface area (Å²) in [7, 11) is 0. The van der Waals surface area contributed by atoms with Crippen LogP contribution in [0.2, 0.25) is 5.02 Å². The largest absolute Gasteiger partial charge is 0.348 e. The molecule has 0 aliphatic rings. The van der Waals surface area contributed by atoms with Crippen molar-refractivity contribution in [3.8, 4) is 0 Å². The quantitative estimate of drug-likeness (QED) is 0.780. The van der Waals surface area contributed by atoms with Crippen molar-refractivity contribution in [3.63, 3.8) is 0 Å². The van der Waals surface area contributed by atoms with Gasteiger partial charge in [0.15, 0.2) is 0 Å². The summed E-state index contributed by atoms with van der Waals surface area (Å²) in [5.74, 6) is -0.401. The van der Waals surface area contributed by atoms with Crippen molar-refractivity contribution in [1.29, 1.82) is 0 Å². The minimum Gasteiger partial charge on any atom is -0.348 e. The molecule has 0 radical (unpaired) electrons. The zero-order chi connectivity index (χ0) is 15.5. The van der Waals surface area contributed by atoms with Crippen LogP contribution in [0.3, 0.4) is 0 Å². The standard InChI is InChI=1S/C17H13ClN2O2/c18-13-7-5-11(6-8-13)10-19-16(21)14-9-12-3-1-2-4-15(12)20-17(14)22/h1-9H,10H2,(H,19,21)(H,20,22). The van der Waals surface area contributed by atoms with Crippen LogP contribution in [0.25, 0.3) is 10.9 Å². The van der Waals surface area contributed by atoms with Crippen LogP contribution in [0.4, 0.5) is 0 Å². The van der Waals surface area contributed by atoms with Crippen molar-refractivity contribution in [2.24, 2.45) is 0 Å². The predicted molar refractivity (Wildman–Crippen MR) is 87.2 cm³/mol. The topological polar surface area (TPSA) is 62.0 Å². The smallest absolute Gasteiger partial charge is 0.261 e. The number of halogens is 1. The molecule has 2 aromatic carbocycles. The summed E-state index contributed by atoms with van der Waals surface area (Å²) in [5.41, 5.74) is 1.33. The molecule has 0 spiro atoms. The van der Waals surface area contributed by atoms with Gasteiger partial charge in [0.25, 0.3) is 11.5 Å². The van der Waals surface area contributed by atoms with Crippen molar-refractivity contribution in [3.05, 3.63) is 81.1 Å². The SMILES string of the molecule is O=C(NCc1ccc(Cl)cc1)c1cc2ccccc2[nH]c1=O. The van der Waals surface area contributed by atoms with E-state index >= 15 is 0 Å². The van der Waals surface area contributed by atoms with Gasteiger partial charge in [-0.2, -0.15) is 0 Å². The van der Waals surface area contributed by atoms with Crippen LogP contribution in [0, 0.1) is 0 Å². The highest BCUT2D eigenvalue weighted by Crippen LogP contribution is 2.11. The first-order valence-corrected chi connectivity index (χ1v) is 7.16. The molecule has 110 valence electrons. The minimum absolute atomic E-state index is 0.104. The van der Waals surface area contributed by atoms with Crippen LogP contribution in [-0.4, -0.2) is 10.9 Å². The molecule has 0 aliphatic heterocycles. The lowest BCUT2D eigenvalue weighted by molar-refractivity contribution is 0.0949. The summed E-state index contributed by atoms with van der Waals surface area (Å²) >= 11 is 5.81. The number of amides is 1. The molecule has 1 amide bonds. The molecule has 1 aromatic heterocycles. The molecular weight excluding hydrogens is 300 g/mol. The predicted octanol–water partition coefficient (Wildman–Crippen LogP) is 3.11. The Labute approximate surface area is 131 Å².